The summed E-state index contributed by atoms with van der Waals surface area (Å²) in [7, 11) is 0. The van der Waals surface area contributed by atoms with Crippen molar-refractivity contribution in [3.05, 3.63) is 34.3 Å². The molecule has 0 aliphatic heterocycles. The molecule has 2 unspecified atom stereocenters. The van der Waals surface area contributed by atoms with Gasteiger partial charge in [0.05, 0.1) is 11.8 Å². The second kappa shape index (κ2) is 5.19. The van der Waals surface area contributed by atoms with Crippen molar-refractivity contribution in [1.29, 1.82) is 0 Å². The standard InChI is InChI=1S/C12H13ClO4/c1-6(11(14)15)8-4-3-5-9(13)10(8)7(2)12(16)17/h3-7H,1-2H3,(H,14,15)(H,16,17). The molecule has 0 saturated heterocycles. The largest absolute Gasteiger partial charge is 0.481 e. The maximum atomic E-state index is 11.0. The zero-order valence-corrected chi connectivity index (χ0v) is 10.2. The minimum atomic E-state index is -1.03. The smallest absolute Gasteiger partial charge is 0.310 e. The molecule has 92 valence electrons. The van der Waals surface area contributed by atoms with E-state index in [1.165, 1.54) is 13.8 Å². The summed E-state index contributed by atoms with van der Waals surface area (Å²) in [5.74, 6) is -3.66. The Morgan fingerprint density at radius 3 is 2.12 bits per heavy atom. The van der Waals surface area contributed by atoms with Gasteiger partial charge in [-0.25, -0.2) is 0 Å². The van der Waals surface area contributed by atoms with Gasteiger partial charge in [-0.3, -0.25) is 9.59 Å². The SMILES string of the molecule is CC(C(=O)O)c1cccc(Cl)c1C(C)C(=O)O. The molecule has 0 bridgehead atoms. The molecule has 1 aromatic carbocycles. The maximum absolute atomic E-state index is 11.0. The molecular formula is C12H13ClO4. The normalized spacial score (nSPS) is 14.1. The van der Waals surface area contributed by atoms with E-state index in [0.717, 1.165) is 0 Å². The van der Waals surface area contributed by atoms with Crippen LogP contribution in [-0.2, 0) is 9.59 Å². The van der Waals surface area contributed by atoms with Gasteiger partial charge in [0.25, 0.3) is 0 Å². The van der Waals surface area contributed by atoms with Crippen molar-refractivity contribution in [2.45, 2.75) is 25.7 Å². The number of carboxylic acid groups (broad SMARTS) is 2. The lowest BCUT2D eigenvalue weighted by Crippen LogP contribution is -2.15. The van der Waals surface area contributed by atoms with Crippen LogP contribution in [0.25, 0.3) is 0 Å². The molecule has 0 saturated carbocycles. The predicted molar refractivity (Wildman–Crippen MR) is 63.6 cm³/mol. The van der Waals surface area contributed by atoms with Crippen LogP contribution in [0, 0.1) is 0 Å². The van der Waals surface area contributed by atoms with Crippen molar-refractivity contribution in [2.24, 2.45) is 0 Å². The molecule has 5 heteroatoms. The van der Waals surface area contributed by atoms with Gasteiger partial charge in [-0.2, -0.15) is 0 Å². The van der Waals surface area contributed by atoms with Crippen LogP contribution < -0.4 is 0 Å². The average Bonchev–Trinajstić information content (AvgIpc) is 2.26. The first-order valence-electron chi connectivity index (χ1n) is 5.10. The van der Waals surface area contributed by atoms with Crippen molar-refractivity contribution >= 4 is 23.5 Å². The Hall–Kier alpha value is -1.55. The topological polar surface area (TPSA) is 74.6 Å². The third kappa shape index (κ3) is 2.77. The monoisotopic (exact) mass is 256 g/mol. The molecule has 0 aromatic heterocycles. The third-order valence-electron chi connectivity index (χ3n) is 2.73. The molecule has 0 aliphatic rings. The fraction of sp³-hybridized carbons (Fsp3) is 0.333. The number of aliphatic carboxylic acids is 2. The molecule has 0 heterocycles. The van der Waals surface area contributed by atoms with E-state index in [1.54, 1.807) is 18.2 Å². The van der Waals surface area contributed by atoms with E-state index in [2.05, 4.69) is 0 Å². The van der Waals surface area contributed by atoms with E-state index in [9.17, 15) is 9.59 Å². The Morgan fingerprint density at radius 2 is 1.65 bits per heavy atom. The minimum Gasteiger partial charge on any atom is -0.481 e. The van der Waals surface area contributed by atoms with Crippen molar-refractivity contribution in [2.75, 3.05) is 0 Å². The Kier molecular flexibility index (Phi) is 4.12. The molecule has 0 fully saturated rings. The van der Waals surface area contributed by atoms with Gasteiger partial charge in [0.15, 0.2) is 0 Å². The molecule has 0 spiro atoms. The van der Waals surface area contributed by atoms with Crippen molar-refractivity contribution in [3.63, 3.8) is 0 Å². The van der Waals surface area contributed by atoms with Gasteiger partial charge in [-0.1, -0.05) is 23.7 Å². The highest BCUT2D eigenvalue weighted by Gasteiger charge is 2.25. The maximum Gasteiger partial charge on any atom is 0.310 e. The summed E-state index contributed by atoms with van der Waals surface area (Å²) in [5, 5.41) is 18.3. The molecule has 4 nitrogen and oxygen atoms in total. The van der Waals surface area contributed by atoms with Crippen LogP contribution >= 0.6 is 11.6 Å². The van der Waals surface area contributed by atoms with Gasteiger partial charge in [-0.05, 0) is 31.0 Å². The van der Waals surface area contributed by atoms with E-state index in [1.807, 2.05) is 0 Å². The van der Waals surface area contributed by atoms with Gasteiger partial charge < -0.3 is 10.2 Å². The van der Waals surface area contributed by atoms with Gasteiger partial charge >= 0.3 is 11.9 Å². The molecule has 2 atom stereocenters. The number of halogens is 1. The van der Waals surface area contributed by atoms with Crippen LogP contribution in [0.3, 0.4) is 0 Å². The number of hydrogen-bond donors (Lipinski definition) is 2. The number of carboxylic acids is 2. The molecule has 1 aromatic rings. The molecule has 2 N–H and O–H groups in total. The highest BCUT2D eigenvalue weighted by molar-refractivity contribution is 6.31. The van der Waals surface area contributed by atoms with Crippen molar-refractivity contribution < 1.29 is 19.8 Å². The average molecular weight is 257 g/mol. The molecule has 1 rings (SSSR count). The lowest BCUT2D eigenvalue weighted by atomic mass is 9.89. The Balaban J connectivity index is 3.36. The summed E-state index contributed by atoms with van der Waals surface area (Å²) in [6.45, 7) is 2.99. The van der Waals surface area contributed by atoms with E-state index >= 15 is 0 Å². The van der Waals surface area contributed by atoms with Crippen LogP contribution in [0.2, 0.25) is 5.02 Å². The lowest BCUT2D eigenvalue weighted by molar-refractivity contribution is -0.139. The third-order valence-corrected chi connectivity index (χ3v) is 3.06. The summed E-state index contributed by atoms with van der Waals surface area (Å²) in [4.78, 5) is 22.0. The summed E-state index contributed by atoms with van der Waals surface area (Å²) < 4.78 is 0. The Bertz CT molecular complexity index is 456. The number of hydrogen-bond acceptors (Lipinski definition) is 2. The molecule has 0 aliphatic carbocycles. The molecule has 17 heavy (non-hydrogen) atoms. The second-order valence-corrected chi connectivity index (χ2v) is 4.27. The predicted octanol–water partition coefficient (Wildman–Crippen LogP) is 2.72. The highest BCUT2D eigenvalue weighted by Crippen LogP contribution is 2.32. The number of rotatable bonds is 4. The van der Waals surface area contributed by atoms with E-state index < -0.39 is 23.8 Å². The van der Waals surface area contributed by atoms with E-state index in [0.29, 0.717) is 11.1 Å². The summed E-state index contributed by atoms with van der Waals surface area (Å²) >= 11 is 5.96. The molecular weight excluding hydrogens is 244 g/mol. The Labute approximate surface area is 104 Å². The first kappa shape index (κ1) is 13.5. The van der Waals surface area contributed by atoms with Crippen LogP contribution in [0.15, 0.2) is 18.2 Å². The fourth-order valence-electron chi connectivity index (χ4n) is 1.64. The lowest BCUT2D eigenvalue weighted by Gasteiger charge is -2.17. The summed E-state index contributed by atoms with van der Waals surface area (Å²) in [6, 6.07) is 4.78. The summed E-state index contributed by atoms with van der Waals surface area (Å²) in [6.07, 6.45) is 0. The zero-order valence-electron chi connectivity index (χ0n) is 9.48. The fourth-order valence-corrected chi connectivity index (χ4v) is 1.99. The highest BCUT2D eigenvalue weighted by atomic mass is 35.5. The van der Waals surface area contributed by atoms with Gasteiger partial charge in [0, 0.05) is 5.02 Å². The Morgan fingerprint density at radius 1 is 1.12 bits per heavy atom. The van der Waals surface area contributed by atoms with Gasteiger partial charge in [0.1, 0.15) is 0 Å². The first-order valence-corrected chi connectivity index (χ1v) is 5.48. The number of benzene rings is 1. The van der Waals surface area contributed by atoms with Crippen LogP contribution in [-0.4, -0.2) is 22.2 Å². The van der Waals surface area contributed by atoms with Crippen LogP contribution in [0.1, 0.15) is 36.8 Å². The van der Waals surface area contributed by atoms with Crippen molar-refractivity contribution in [1.82, 2.24) is 0 Å². The van der Waals surface area contributed by atoms with Gasteiger partial charge in [-0.15, -0.1) is 0 Å². The van der Waals surface area contributed by atoms with Crippen molar-refractivity contribution in [3.8, 4) is 0 Å². The quantitative estimate of drug-likeness (QED) is 0.869. The first-order chi connectivity index (χ1) is 7.86. The van der Waals surface area contributed by atoms with Crippen LogP contribution in [0.4, 0.5) is 0 Å². The van der Waals surface area contributed by atoms with Gasteiger partial charge in [0.2, 0.25) is 0 Å². The summed E-state index contributed by atoms with van der Waals surface area (Å²) in [5.41, 5.74) is 0.816. The number of carbonyl (C=O) groups is 2. The second-order valence-electron chi connectivity index (χ2n) is 3.86. The molecule has 0 radical (unpaired) electrons. The van der Waals surface area contributed by atoms with Crippen LogP contribution in [0.5, 0.6) is 0 Å². The van der Waals surface area contributed by atoms with E-state index in [4.69, 9.17) is 21.8 Å². The molecule has 0 amide bonds. The zero-order chi connectivity index (χ0) is 13.2. The van der Waals surface area contributed by atoms with E-state index in [-0.39, 0.29) is 5.02 Å². The minimum absolute atomic E-state index is 0.283.